The van der Waals surface area contributed by atoms with Crippen molar-refractivity contribution in [1.82, 2.24) is 10.5 Å². The van der Waals surface area contributed by atoms with Gasteiger partial charge in [0, 0.05) is 19.0 Å². The number of rotatable bonds is 5. The van der Waals surface area contributed by atoms with E-state index in [-0.39, 0.29) is 12.2 Å². The highest BCUT2D eigenvalue weighted by molar-refractivity contribution is 5.92. The number of benzene rings is 1. The van der Waals surface area contributed by atoms with E-state index in [1.807, 2.05) is 12.1 Å². The number of nitrogens with zero attached hydrogens (tertiary/aromatic N) is 1. The van der Waals surface area contributed by atoms with Crippen LogP contribution < -0.4 is 10.1 Å². The van der Waals surface area contributed by atoms with Crippen LogP contribution in [-0.4, -0.2) is 29.3 Å². The van der Waals surface area contributed by atoms with Gasteiger partial charge < -0.3 is 24.1 Å². The van der Waals surface area contributed by atoms with E-state index in [0.717, 1.165) is 23.3 Å². The molecule has 7 nitrogen and oxygen atoms in total. The Labute approximate surface area is 143 Å². The number of aliphatic hydroxyl groups is 1. The highest BCUT2D eigenvalue weighted by Crippen LogP contribution is 2.28. The van der Waals surface area contributed by atoms with Gasteiger partial charge in [0.15, 0.2) is 11.5 Å². The Morgan fingerprint density at radius 1 is 1.28 bits per heavy atom. The van der Waals surface area contributed by atoms with E-state index < -0.39 is 12.0 Å². The van der Waals surface area contributed by atoms with Gasteiger partial charge in [-0.05, 0) is 35.4 Å². The Morgan fingerprint density at radius 3 is 3.04 bits per heavy atom. The van der Waals surface area contributed by atoms with Gasteiger partial charge in [0.25, 0.3) is 5.91 Å². The SMILES string of the molecule is O=C(NC[C@H](O)c1ccc2c(c1)CCO2)c1cc(-c2ccco2)on1. The van der Waals surface area contributed by atoms with Gasteiger partial charge in [0.2, 0.25) is 5.76 Å². The second-order valence-electron chi connectivity index (χ2n) is 5.75. The topological polar surface area (TPSA) is 97.7 Å². The van der Waals surface area contributed by atoms with Gasteiger partial charge in [0.05, 0.1) is 19.0 Å². The summed E-state index contributed by atoms with van der Waals surface area (Å²) in [5.74, 6) is 1.29. The molecule has 0 fully saturated rings. The van der Waals surface area contributed by atoms with Crippen LogP contribution in [0.25, 0.3) is 11.5 Å². The van der Waals surface area contributed by atoms with Crippen molar-refractivity contribution in [1.29, 1.82) is 0 Å². The van der Waals surface area contributed by atoms with Gasteiger partial charge in [0.1, 0.15) is 5.75 Å². The molecule has 4 rings (SSSR count). The molecule has 25 heavy (non-hydrogen) atoms. The van der Waals surface area contributed by atoms with Crippen LogP contribution in [0.1, 0.15) is 27.7 Å². The minimum absolute atomic E-state index is 0.0709. The molecule has 1 aromatic carbocycles. The molecule has 0 unspecified atom stereocenters. The summed E-state index contributed by atoms with van der Waals surface area (Å²) in [5, 5.41) is 16.7. The van der Waals surface area contributed by atoms with Crippen molar-refractivity contribution in [3.8, 4) is 17.3 Å². The third-order valence-electron chi connectivity index (χ3n) is 4.06. The molecule has 1 atom stereocenters. The molecule has 128 valence electrons. The summed E-state index contributed by atoms with van der Waals surface area (Å²) < 4.78 is 15.7. The maximum absolute atomic E-state index is 12.2. The van der Waals surface area contributed by atoms with Gasteiger partial charge in [-0.3, -0.25) is 4.79 Å². The summed E-state index contributed by atoms with van der Waals surface area (Å²) in [4.78, 5) is 12.2. The third kappa shape index (κ3) is 3.14. The van der Waals surface area contributed by atoms with Gasteiger partial charge in [-0.2, -0.15) is 0 Å². The average Bonchev–Trinajstić information content (AvgIpc) is 3.38. The van der Waals surface area contributed by atoms with E-state index in [1.54, 1.807) is 18.2 Å². The number of ether oxygens (including phenoxy) is 1. The lowest BCUT2D eigenvalue weighted by molar-refractivity contribution is 0.0907. The van der Waals surface area contributed by atoms with E-state index in [1.165, 1.54) is 12.3 Å². The molecule has 3 aromatic rings. The number of carbonyl (C=O) groups is 1. The lowest BCUT2D eigenvalue weighted by Gasteiger charge is -2.12. The Morgan fingerprint density at radius 2 is 2.20 bits per heavy atom. The fraction of sp³-hybridized carbons (Fsp3) is 0.222. The number of carbonyl (C=O) groups excluding carboxylic acids is 1. The second-order valence-corrected chi connectivity index (χ2v) is 5.75. The molecule has 2 aromatic heterocycles. The third-order valence-corrected chi connectivity index (χ3v) is 4.06. The normalized spacial score (nSPS) is 14.0. The second kappa shape index (κ2) is 6.45. The molecule has 0 aliphatic carbocycles. The Kier molecular flexibility index (Phi) is 3.99. The van der Waals surface area contributed by atoms with Gasteiger partial charge in [-0.1, -0.05) is 11.2 Å². The Hall–Kier alpha value is -3.06. The van der Waals surface area contributed by atoms with Crippen LogP contribution in [0.2, 0.25) is 0 Å². The quantitative estimate of drug-likeness (QED) is 0.740. The average molecular weight is 340 g/mol. The van der Waals surface area contributed by atoms with Crippen LogP contribution in [0.5, 0.6) is 5.75 Å². The van der Waals surface area contributed by atoms with Crippen molar-refractivity contribution in [2.75, 3.05) is 13.2 Å². The predicted molar refractivity (Wildman–Crippen MR) is 87.1 cm³/mol. The van der Waals surface area contributed by atoms with Gasteiger partial charge in [-0.15, -0.1) is 0 Å². The van der Waals surface area contributed by atoms with E-state index in [2.05, 4.69) is 10.5 Å². The van der Waals surface area contributed by atoms with Gasteiger partial charge in [-0.25, -0.2) is 0 Å². The molecule has 1 amide bonds. The van der Waals surface area contributed by atoms with Crippen LogP contribution >= 0.6 is 0 Å². The summed E-state index contributed by atoms with van der Waals surface area (Å²) >= 11 is 0. The molecule has 2 N–H and O–H groups in total. The first kappa shape index (κ1) is 15.5. The van der Waals surface area contributed by atoms with Crippen LogP contribution in [0, 0.1) is 0 Å². The highest BCUT2D eigenvalue weighted by atomic mass is 16.5. The minimum atomic E-state index is -0.814. The molecule has 0 bridgehead atoms. The fourth-order valence-corrected chi connectivity index (χ4v) is 2.73. The molecule has 0 radical (unpaired) electrons. The first-order chi connectivity index (χ1) is 12.2. The van der Waals surface area contributed by atoms with E-state index >= 15 is 0 Å². The number of nitrogens with one attached hydrogen (secondary N) is 1. The molecule has 3 heterocycles. The molecular weight excluding hydrogens is 324 g/mol. The lowest BCUT2D eigenvalue weighted by atomic mass is 10.0. The molecule has 7 heteroatoms. The molecule has 0 spiro atoms. The molecule has 0 saturated carbocycles. The van der Waals surface area contributed by atoms with Crippen LogP contribution in [0.3, 0.4) is 0 Å². The summed E-state index contributed by atoms with van der Waals surface area (Å²) in [7, 11) is 0. The number of amides is 1. The fourth-order valence-electron chi connectivity index (χ4n) is 2.73. The standard InChI is InChI=1S/C18H16N2O5/c21-14(11-3-4-15-12(8-11)5-7-24-15)10-19-18(22)13-9-17(25-20-13)16-2-1-6-23-16/h1-4,6,8-9,14,21H,5,7,10H2,(H,19,22)/t14-/m0/s1. The zero-order valence-corrected chi connectivity index (χ0v) is 13.3. The number of aliphatic hydroxyl groups excluding tert-OH is 1. The van der Waals surface area contributed by atoms with Crippen LogP contribution in [-0.2, 0) is 6.42 Å². The summed E-state index contributed by atoms with van der Waals surface area (Å²) in [5.41, 5.74) is 1.93. The largest absolute Gasteiger partial charge is 0.493 e. The predicted octanol–water partition coefficient (Wildman–Crippen LogP) is 2.33. The van der Waals surface area contributed by atoms with Crippen LogP contribution in [0.4, 0.5) is 0 Å². The number of aromatic nitrogens is 1. The van der Waals surface area contributed by atoms with Crippen molar-refractivity contribution >= 4 is 5.91 Å². The summed E-state index contributed by atoms with van der Waals surface area (Å²) in [6, 6.07) is 10.5. The molecular formula is C18H16N2O5. The first-order valence-corrected chi connectivity index (χ1v) is 7.93. The number of hydrogen-bond acceptors (Lipinski definition) is 6. The Balaban J connectivity index is 1.38. The van der Waals surface area contributed by atoms with E-state index in [4.69, 9.17) is 13.7 Å². The smallest absolute Gasteiger partial charge is 0.273 e. The zero-order chi connectivity index (χ0) is 17.2. The summed E-state index contributed by atoms with van der Waals surface area (Å²) in [6.45, 7) is 0.733. The molecule has 1 aliphatic heterocycles. The monoisotopic (exact) mass is 340 g/mol. The maximum Gasteiger partial charge on any atom is 0.273 e. The highest BCUT2D eigenvalue weighted by Gasteiger charge is 2.18. The first-order valence-electron chi connectivity index (χ1n) is 7.93. The van der Waals surface area contributed by atoms with Crippen molar-refractivity contribution in [2.24, 2.45) is 0 Å². The van der Waals surface area contributed by atoms with Crippen molar-refractivity contribution in [2.45, 2.75) is 12.5 Å². The lowest BCUT2D eigenvalue weighted by Crippen LogP contribution is -2.28. The maximum atomic E-state index is 12.2. The molecule has 1 aliphatic rings. The molecule has 0 saturated heterocycles. The van der Waals surface area contributed by atoms with Crippen molar-refractivity contribution < 1.29 is 23.6 Å². The number of furan rings is 1. The van der Waals surface area contributed by atoms with E-state index in [9.17, 15) is 9.90 Å². The van der Waals surface area contributed by atoms with Crippen molar-refractivity contribution in [3.63, 3.8) is 0 Å². The summed E-state index contributed by atoms with van der Waals surface area (Å²) in [6.07, 6.45) is 1.53. The van der Waals surface area contributed by atoms with Crippen molar-refractivity contribution in [3.05, 3.63) is 59.5 Å². The van der Waals surface area contributed by atoms with Crippen LogP contribution in [0.15, 0.2) is 51.6 Å². The minimum Gasteiger partial charge on any atom is -0.493 e. The Bertz CT molecular complexity index is 885. The van der Waals surface area contributed by atoms with E-state index in [0.29, 0.717) is 18.1 Å². The number of hydrogen-bond donors (Lipinski definition) is 2. The zero-order valence-electron chi connectivity index (χ0n) is 13.3. The van der Waals surface area contributed by atoms with Gasteiger partial charge >= 0.3 is 0 Å². The number of fused-ring (bicyclic) bond motifs is 1.